The Morgan fingerprint density at radius 2 is 1.70 bits per heavy atom. The lowest BCUT2D eigenvalue weighted by molar-refractivity contribution is -0.384. The lowest BCUT2D eigenvalue weighted by Gasteiger charge is -2.14. The molecule has 0 radical (unpaired) electrons. The number of nitro groups is 1. The molecule has 0 aliphatic heterocycles. The summed E-state index contributed by atoms with van der Waals surface area (Å²) in [5.74, 6) is 0.409. The van der Waals surface area contributed by atoms with Gasteiger partial charge in [0.05, 0.1) is 21.5 Å². The molecular weight excluding hydrogens is 410 g/mol. The third-order valence-corrected chi connectivity index (χ3v) is 4.88. The third-order valence-electron chi connectivity index (χ3n) is 4.19. The van der Waals surface area contributed by atoms with Crippen LogP contribution in [-0.2, 0) is 0 Å². The maximum Gasteiger partial charge on any atom is 0.271 e. The van der Waals surface area contributed by atoms with Gasteiger partial charge >= 0.3 is 0 Å². The fourth-order valence-electron chi connectivity index (χ4n) is 2.94. The van der Waals surface area contributed by atoms with E-state index in [1.165, 1.54) is 16.7 Å². The van der Waals surface area contributed by atoms with E-state index in [4.69, 9.17) is 0 Å². The standard InChI is InChI=1S/C20H12BrN3O3/c21-17-10-3-1-8-15(17)19-22-18-11-4-2-9-16(18)20(25)23(19)13-6-5-7-14(12-13)24(26)27/h1-12H. The molecule has 4 aromatic rings. The van der Waals surface area contributed by atoms with Crippen LogP contribution in [0.2, 0.25) is 0 Å². The number of hydrogen-bond acceptors (Lipinski definition) is 4. The van der Waals surface area contributed by atoms with E-state index in [-0.39, 0.29) is 11.2 Å². The molecule has 0 saturated heterocycles. The minimum absolute atomic E-state index is 0.0920. The quantitative estimate of drug-likeness (QED) is 0.354. The van der Waals surface area contributed by atoms with Crippen molar-refractivity contribution in [2.24, 2.45) is 0 Å². The fourth-order valence-corrected chi connectivity index (χ4v) is 3.40. The largest absolute Gasteiger partial charge is 0.271 e. The van der Waals surface area contributed by atoms with Gasteiger partial charge in [-0.1, -0.05) is 52.3 Å². The number of aromatic nitrogens is 2. The van der Waals surface area contributed by atoms with Crippen molar-refractivity contribution >= 4 is 32.5 Å². The fraction of sp³-hybridized carbons (Fsp3) is 0. The lowest BCUT2D eigenvalue weighted by Crippen LogP contribution is -2.22. The second-order valence-electron chi connectivity index (χ2n) is 5.85. The minimum atomic E-state index is -0.485. The molecule has 3 aromatic carbocycles. The number of rotatable bonds is 3. The Bertz CT molecular complexity index is 1250. The number of hydrogen-bond donors (Lipinski definition) is 0. The first-order valence-electron chi connectivity index (χ1n) is 8.08. The minimum Gasteiger partial charge on any atom is -0.268 e. The van der Waals surface area contributed by atoms with Crippen molar-refractivity contribution in [1.82, 2.24) is 9.55 Å². The van der Waals surface area contributed by atoms with Crippen LogP contribution in [0.5, 0.6) is 0 Å². The van der Waals surface area contributed by atoms with Gasteiger partial charge < -0.3 is 0 Å². The molecule has 0 aliphatic rings. The maximum absolute atomic E-state index is 13.3. The molecule has 0 unspecified atom stereocenters. The number of non-ortho nitro benzene ring substituents is 1. The van der Waals surface area contributed by atoms with Crippen LogP contribution in [0.1, 0.15) is 0 Å². The summed E-state index contributed by atoms with van der Waals surface area (Å²) in [6, 6.07) is 20.4. The molecule has 6 nitrogen and oxygen atoms in total. The van der Waals surface area contributed by atoms with Gasteiger partial charge in [0.1, 0.15) is 5.82 Å². The van der Waals surface area contributed by atoms with Crippen LogP contribution in [0.3, 0.4) is 0 Å². The van der Waals surface area contributed by atoms with E-state index in [0.29, 0.717) is 28.0 Å². The molecule has 0 fully saturated rings. The summed E-state index contributed by atoms with van der Waals surface area (Å²) in [6.45, 7) is 0. The number of nitro benzene ring substituents is 1. The summed E-state index contributed by atoms with van der Waals surface area (Å²) in [7, 11) is 0. The summed E-state index contributed by atoms with van der Waals surface area (Å²) >= 11 is 3.50. The Balaban J connectivity index is 2.13. The average Bonchev–Trinajstić information content (AvgIpc) is 2.68. The second-order valence-corrected chi connectivity index (χ2v) is 6.70. The molecule has 1 aromatic heterocycles. The van der Waals surface area contributed by atoms with Crippen molar-refractivity contribution in [2.45, 2.75) is 0 Å². The summed E-state index contributed by atoms with van der Waals surface area (Å²) in [5.41, 5.74) is 1.29. The van der Waals surface area contributed by atoms with Gasteiger partial charge in [-0.2, -0.15) is 0 Å². The van der Waals surface area contributed by atoms with Crippen molar-refractivity contribution in [1.29, 1.82) is 0 Å². The van der Waals surface area contributed by atoms with Crippen molar-refractivity contribution < 1.29 is 4.92 Å². The predicted octanol–water partition coefficient (Wildman–Crippen LogP) is 4.72. The van der Waals surface area contributed by atoms with Crippen LogP contribution in [0.25, 0.3) is 28.0 Å². The molecular formula is C20H12BrN3O3. The first-order valence-corrected chi connectivity index (χ1v) is 8.87. The van der Waals surface area contributed by atoms with Gasteiger partial charge in [0.15, 0.2) is 0 Å². The summed E-state index contributed by atoms with van der Waals surface area (Å²) in [6.07, 6.45) is 0. The lowest BCUT2D eigenvalue weighted by atomic mass is 10.1. The number of para-hydroxylation sites is 1. The highest BCUT2D eigenvalue weighted by molar-refractivity contribution is 9.10. The van der Waals surface area contributed by atoms with E-state index < -0.39 is 4.92 Å². The highest BCUT2D eigenvalue weighted by Gasteiger charge is 2.17. The average molecular weight is 422 g/mol. The third kappa shape index (κ3) is 3.02. The Hall–Kier alpha value is -3.32. The van der Waals surface area contributed by atoms with E-state index in [1.807, 2.05) is 30.3 Å². The highest BCUT2D eigenvalue weighted by atomic mass is 79.9. The van der Waals surface area contributed by atoms with Gasteiger partial charge in [0, 0.05) is 22.2 Å². The maximum atomic E-state index is 13.3. The Morgan fingerprint density at radius 1 is 0.963 bits per heavy atom. The van der Waals surface area contributed by atoms with E-state index in [1.54, 1.807) is 30.3 Å². The van der Waals surface area contributed by atoms with Crippen LogP contribution in [0.4, 0.5) is 5.69 Å². The number of nitrogens with zero attached hydrogens (tertiary/aromatic N) is 3. The smallest absolute Gasteiger partial charge is 0.268 e. The first-order chi connectivity index (χ1) is 13.1. The highest BCUT2D eigenvalue weighted by Crippen LogP contribution is 2.29. The summed E-state index contributed by atoms with van der Waals surface area (Å²) in [4.78, 5) is 28.6. The van der Waals surface area contributed by atoms with Crippen LogP contribution in [-0.4, -0.2) is 14.5 Å². The van der Waals surface area contributed by atoms with Crippen molar-refractivity contribution in [2.75, 3.05) is 0 Å². The van der Waals surface area contributed by atoms with Crippen LogP contribution in [0, 0.1) is 10.1 Å². The van der Waals surface area contributed by atoms with Gasteiger partial charge in [-0.25, -0.2) is 4.98 Å². The zero-order chi connectivity index (χ0) is 19.0. The zero-order valence-electron chi connectivity index (χ0n) is 13.9. The Labute approximate surface area is 162 Å². The van der Waals surface area contributed by atoms with Gasteiger partial charge in [0.2, 0.25) is 0 Å². The molecule has 0 atom stereocenters. The van der Waals surface area contributed by atoms with E-state index >= 15 is 0 Å². The molecule has 0 amide bonds. The molecule has 7 heteroatoms. The zero-order valence-corrected chi connectivity index (χ0v) is 15.5. The Kier molecular flexibility index (Phi) is 4.29. The molecule has 0 N–H and O–H groups in total. The van der Waals surface area contributed by atoms with E-state index in [2.05, 4.69) is 20.9 Å². The first kappa shape index (κ1) is 17.1. The molecule has 0 bridgehead atoms. The van der Waals surface area contributed by atoms with E-state index in [9.17, 15) is 14.9 Å². The second kappa shape index (κ2) is 6.77. The van der Waals surface area contributed by atoms with Crippen LogP contribution >= 0.6 is 15.9 Å². The van der Waals surface area contributed by atoms with Crippen LogP contribution in [0.15, 0.2) is 82.1 Å². The molecule has 0 aliphatic carbocycles. The molecule has 0 saturated carbocycles. The summed E-state index contributed by atoms with van der Waals surface area (Å²) < 4.78 is 2.18. The normalized spacial score (nSPS) is 10.9. The predicted molar refractivity (Wildman–Crippen MR) is 107 cm³/mol. The van der Waals surface area contributed by atoms with Crippen LogP contribution < -0.4 is 5.56 Å². The van der Waals surface area contributed by atoms with Gasteiger partial charge in [-0.05, 0) is 24.3 Å². The SMILES string of the molecule is O=c1c2ccccc2nc(-c2ccccc2Br)n1-c1cccc([N+](=O)[O-])c1. The van der Waals surface area contributed by atoms with Gasteiger partial charge in [-0.15, -0.1) is 0 Å². The van der Waals surface area contributed by atoms with Crippen molar-refractivity contribution in [3.8, 4) is 17.1 Å². The van der Waals surface area contributed by atoms with Crippen molar-refractivity contribution in [3.05, 3.63) is 97.7 Å². The Morgan fingerprint density at radius 3 is 2.48 bits per heavy atom. The van der Waals surface area contributed by atoms with Gasteiger partial charge in [0.25, 0.3) is 11.2 Å². The number of fused-ring (bicyclic) bond motifs is 1. The molecule has 1 heterocycles. The number of halogens is 1. The molecule has 0 spiro atoms. The monoisotopic (exact) mass is 421 g/mol. The van der Waals surface area contributed by atoms with E-state index in [0.717, 1.165) is 4.47 Å². The van der Waals surface area contributed by atoms with Crippen molar-refractivity contribution in [3.63, 3.8) is 0 Å². The molecule has 27 heavy (non-hydrogen) atoms. The number of benzene rings is 3. The molecule has 4 rings (SSSR count). The van der Waals surface area contributed by atoms with Gasteiger partial charge in [-0.3, -0.25) is 19.5 Å². The summed E-state index contributed by atoms with van der Waals surface area (Å²) in [5, 5.41) is 11.6. The molecule has 132 valence electrons. The topological polar surface area (TPSA) is 78.0 Å².